The SMILES string of the molecule is CCC(CC)=C(c1cc(Cl)ccc1OCC(C)C)n1cncn1. The van der Waals surface area contributed by atoms with Gasteiger partial charge in [0.2, 0.25) is 0 Å². The van der Waals surface area contributed by atoms with E-state index in [4.69, 9.17) is 16.3 Å². The molecule has 0 amide bonds. The van der Waals surface area contributed by atoms with Crippen molar-refractivity contribution in [3.63, 3.8) is 0 Å². The van der Waals surface area contributed by atoms with E-state index in [1.165, 1.54) is 5.57 Å². The molecule has 0 aliphatic heterocycles. The van der Waals surface area contributed by atoms with E-state index in [1.807, 2.05) is 18.2 Å². The summed E-state index contributed by atoms with van der Waals surface area (Å²) in [4.78, 5) is 4.09. The zero-order valence-electron chi connectivity index (χ0n) is 14.2. The van der Waals surface area contributed by atoms with Gasteiger partial charge in [-0.15, -0.1) is 0 Å². The molecule has 0 fully saturated rings. The highest BCUT2D eigenvalue weighted by Gasteiger charge is 2.16. The number of hydrogen-bond acceptors (Lipinski definition) is 3. The van der Waals surface area contributed by atoms with E-state index in [-0.39, 0.29) is 0 Å². The van der Waals surface area contributed by atoms with Crippen molar-refractivity contribution in [1.29, 1.82) is 0 Å². The van der Waals surface area contributed by atoms with E-state index in [0.29, 0.717) is 17.5 Å². The molecule has 0 unspecified atom stereocenters. The Bertz CT molecular complexity index is 657. The number of nitrogens with zero attached hydrogens (tertiary/aromatic N) is 3. The zero-order chi connectivity index (χ0) is 16.8. The molecule has 0 aliphatic carbocycles. The first kappa shape index (κ1) is 17.5. The molecule has 0 spiro atoms. The van der Waals surface area contributed by atoms with Crippen molar-refractivity contribution in [2.24, 2.45) is 5.92 Å². The van der Waals surface area contributed by atoms with Gasteiger partial charge in [-0.1, -0.05) is 39.3 Å². The van der Waals surface area contributed by atoms with Crippen LogP contribution >= 0.6 is 11.6 Å². The summed E-state index contributed by atoms with van der Waals surface area (Å²) in [6, 6.07) is 5.73. The molecule has 1 aromatic carbocycles. The van der Waals surface area contributed by atoms with Crippen LogP contribution < -0.4 is 4.74 Å². The summed E-state index contributed by atoms with van der Waals surface area (Å²) in [5.41, 5.74) is 3.25. The van der Waals surface area contributed by atoms with Crippen molar-refractivity contribution >= 4 is 17.3 Å². The van der Waals surface area contributed by atoms with E-state index in [9.17, 15) is 0 Å². The van der Waals surface area contributed by atoms with Crippen LogP contribution in [0.4, 0.5) is 0 Å². The summed E-state index contributed by atoms with van der Waals surface area (Å²) in [6.45, 7) is 9.22. The van der Waals surface area contributed by atoms with Crippen molar-refractivity contribution < 1.29 is 4.74 Å². The molecule has 0 N–H and O–H groups in total. The lowest BCUT2D eigenvalue weighted by Crippen LogP contribution is -2.09. The Morgan fingerprint density at radius 2 is 2.00 bits per heavy atom. The lowest BCUT2D eigenvalue weighted by atomic mass is 10.0. The second kappa shape index (κ2) is 8.16. The molecular weight excluding hydrogens is 310 g/mol. The minimum atomic E-state index is 0.453. The predicted molar refractivity (Wildman–Crippen MR) is 94.7 cm³/mol. The highest BCUT2D eigenvalue weighted by Crippen LogP contribution is 2.33. The van der Waals surface area contributed by atoms with Gasteiger partial charge >= 0.3 is 0 Å². The molecule has 0 bridgehead atoms. The molecular formula is C18H24ClN3O. The maximum absolute atomic E-state index is 6.25. The normalized spacial score (nSPS) is 10.9. The molecule has 0 saturated heterocycles. The second-order valence-electron chi connectivity index (χ2n) is 5.84. The monoisotopic (exact) mass is 333 g/mol. The Kier molecular flexibility index (Phi) is 6.22. The van der Waals surface area contributed by atoms with Gasteiger partial charge in [0.05, 0.1) is 12.3 Å². The maximum Gasteiger partial charge on any atom is 0.138 e. The van der Waals surface area contributed by atoms with Gasteiger partial charge in [0, 0.05) is 10.6 Å². The molecule has 2 aromatic rings. The number of ether oxygens (including phenoxy) is 1. The molecule has 0 atom stereocenters. The number of halogens is 1. The average Bonchev–Trinajstić information content (AvgIpc) is 3.05. The lowest BCUT2D eigenvalue weighted by molar-refractivity contribution is 0.270. The second-order valence-corrected chi connectivity index (χ2v) is 6.28. The Morgan fingerprint density at radius 3 is 2.57 bits per heavy atom. The molecule has 5 heteroatoms. The summed E-state index contributed by atoms with van der Waals surface area (Å²) in [6.07, 6.45) is 5.12. The maximum atomic E-state index is 6.25. The van der Waals surface area contributed by atoms with Gasteiger partial charge in [-0.3, -0.25) is 0 Å². The van der Waals surface area contributed by atoms with Gasteiger partial charge in [0.25, 0.3) is 0 Å². The van der Waals surface area contributed by atoms with Crippen LogP contribution in [0, 0.1) is 5.92 Å². The highest BCUT2D eigenvalue weighted by molar-refractivity contribution is 6.30. The molecule has 0 saturated carbocycles. The third kappa shape index (κ3) is 4.35. The van der Waals surface area contributed by atoms with E-state index in [2.05, 4.69) is 37.8 Å². The van der Waals surface area contributed by atoms with Gasteiger partial charge in [-0.05, 0) is 42.5 Å². The molecule has 124 valence electrons. The smallest absolute Gasteiger partial charge is 0.138 e. The van der Waals surface area contributed by atoms with Crippen LogP contribution in [0.15, 0.2) is 36.4 Å². The lowest BCUT2D eigenvalue weighted by Gasteiger charge is -2.18. The van der Waals surface area contributed by atoms with Crippen LogP contribution in [-0.2, 0) is 0 Å². The van der Waals surface area contributed by atoms with Crippen molar-refractivity contribution in [3.8, 4) is 5.75 Å². The Labute approximate surface area is 143 Å². The predicted octanol–water partition coefficient (Wildman–Crippen LogP) is 5.05. The fraction of sp³-hybridized carbons (Fsp3) is 0.444. The third-order valence-corrected chi connectivity index (χ3v) is 3.84. The number of rotatable bonds is 7. The minimum absolute atomic E-state index is 0.453. The Balaban J connectivity index is 2.58. The standard InChI is InChI=1S/C18H24ClN3O/c1-5-14(6-2)18(22-12-20-11-21-22)16-9-15(19)7-8-17(16)23-10-13(3)4/h7-9,11-13H,5-6,10H2,1-4H3. The third-order valence-electron chi connectivity index (χ3n) is 3.61. The molecule has 23 heavy (non-hydrogen) atoms. The fourth-order valence-corrected chi connectivity index (χ4v) is 2.63. The first-order valence-corrected chi connectivity index (χ1v) is 8.44. The summed E-state index contributed by atoms with van der Waals surface area (Å²) < 4.78 is 7.82. The van der Waals surface area contributed by atoms with Crippen LogP contribution in [0.2, 0.25) is 5.02 Å². The van der Waals surface area contributed by atoms with E-state index >= 15 is 0 Å². The van der Waals surface area contributed by atoms with Gasteiger partial charge in [-0.25, -0.2) is 9.67 Å². The van der Waals surface area contributed by atoms with Crippen molar-refractivity contribution in [3.05, 3.63) is 47.0 Å². The number of allylic oxidation sites excluding steroid dienone is 1. The quantitative estimate of drug-likeness (QED) is 0.712. The van der Waals surface area contributed by atoms with Gasteiger partial charge in [0.15, 0.2) is 0 Å². The zero-order valence-corrected chi connectivity index (χ0v) is 15.0. The Hall–Kier alpha value is -1.81. The van der Waals surface area contributed by atoms with E-state index < -0.39 is 0 Å². The van der Waals surface area contributed by atoms with E-state index in [0.717, 1.165) is 29.9 Å². The van der Waals surface area contributed by atoms with Crippen LogP contribution in [0.1, 0.15) is 46.1 Å². The Morgan fingerprint density at radius 1 is 1.26 bits per heavy atom. The fourth-order valence-electron chi connectivity index (χ4n) is 2.45. The van der Waals surface area contributed by atoms with Crippen LogP contribution in [-0.4, -0.2) is 21.4 Å². The minimum Gasteiger partial charge on any atom is -0.493 e. The molecule has 0 radical (unpaired) electrons. The van der Waals surface area contributed by atoms with Crippen molar-refractivity contribution in [2.45, 2.75) is 40.5 Å². The van der Waals surface area contributed by atoms with Crippen molar-refractivity contribution in [2.75, 3.05) is 6.61 Å². The number of hydrogen-bond donors (Lipinski definition) is 0. The van der Waals surface area contributed by atoms with Gasteiger partial charge < -0.3 is 4.74 Å². The highest BCUT2D eigenvalue weighted by atomic mass is 35.5. The average molecular weight is 334 g/mol. The molecule has 2 rings (SSSR count). The number of benzene rings is 1. The first-order chi connectivity index (χ1) is 11.1. The number of aromatic nitrogens is 3. The molecule has 4 nitrogen and oxygen atoms in total. The van der Waals surface area contributed by atoms with Crippen LogP contribution in [0.25, 0.3) is 5.70 Å². The van der Waals surface area contributed by atoms with Crippen LogP contribution in [0.5, 0.6) is 5.75 Å². The molecule has 0 aliphatic rings. The first-order valence-electron chi connectivity index (χ1n) is 8.06. The van der Waals surface area contributed by atoms with Crippen LogP contribution in [0.3, 0.4) is 0 Å². The van der Waals surface area contributed by atoms with Crippen molar-refractivity contribution in [1.82, 2.24) is 14.8 Å². The van der Waals surface area contributed by atoms with Gasteiger partial charge in [0.1, 0.15) is 18.4 Å². The van der Waals surface area contributed by atoms with Gasteiger partial charge in [-0.2, -0.15) is 5.10 Å². The van der Waals surface area contributed by atoms with E-state index in [1.54, 1.807) is 17.3 Å². The molecule has 1 heterocycles. The molecule has 1 aromatic heterocycles. The summed E-state index contributed by atoms with van der Waals surface area (Å²) >= 11 is 6.25. The summed E-state index contributed by atoms with van der Waals surface area (Å²) in [7, 11) is 0. The topological polar surface area (TPSA) is 39.9 Å². The largest absolute Gasteiger partial charge is 0.493 e. The summed E-state index contributed by atoms with van der Waals surface area (Å²) in [5.74, 6) is 1.28. The summed E-state index contributed by atoms with van der Waals surface area (Å²) in [5, 5.41) is 5.01.